The summed E-state index contributed by atoms with van der Waals surface area (Å²) in [6.45, 7) is 3.57. The van der Waals surface area contributed by atoms with E-state index in [1.807, 2.05) is 6.92 Å². The van der Waals surface area contributed by atoms with Gasteiger partial charge in [-0.05, 0) is 25.5 Å². The first kappa shape index (κ1) is 18.9. The van der Waals surface area contributed by atoms with Gasteiger partial charge < -0.3 is 20.4 Å². The Labute approximate surface area is 163 Å². The van der Waals surface area contributed by atoms with E-state index in [-0.39, 0.29) is 40.8 Å². The Bertz CT molecular complexity index is 1210. The van der Waals surface area contributed by atoms with Crippen LogP contribution in [0, 0.1) is 18.6 Å². The summed E-state index contributed by atoms with van der Waals surface area (Å²) in [7, 11) is 0. The summed E-state index contributed by atoms with van der Waals surface area (Å²) in [5, 5.41) is 7.90. The number of amides is 1. The Morgan fingerprint density at radius 3 is 2.48 bits per heavy atom. The third-order valence-corrected chi connectivity index (χ3v) is 4.98. The van der Waals surface area contributed by atoms with E-state index in [0.717, 1.165) is 0 Å². The maximum Gasteiger partial charge on any atom is 0.254 e. The quantitative estimate of drug-likeness (QED) is 0.549. The molecule has 0 spiro atoms. The van der Waals surface area contributed by atoms with Gasteiger partial charge in [0.2, 0.25) is 0 Å². The van der Waals surface area contributed by atoms with E-state index in [1.54, 1.807) is 19.1 Å². The Morgan fingerprint density at radius 2 is 1.83 bits per heavy atom. The number of furan rings is 1. The number of hydrogen-bond donors (Lipinski definition) is 3. The highest BCUT2D eigenvalue weighted by molar-refractivity contribution is 6.04. The lowest BCUT2D eigenvalue weighted by molar-refractivity contribution is 0.0966. The van der Waals surface area contributed by atoms with Gasteiger partial charge in [0.15, 0.2) is 0 Å². The molecule has 1 aliphatic rings. The van der Waals surface area contributed by atoms with Gasteiger partial charge in [0.05, 0.1) is 17.3 Å². The molecule has 1 atom stereocenters. The predicted molar refractivity (Wildman–Crippen MR) is 102 cm³/mol. The van der Waals surface area contributed by atoms with Crippen molar-refractivity contribution < 1.29 is 18.0 Å². The normalized spacial score (nSPS) is 14.0. The molecule has 0 radical (unpaired) electrons. The minimum absolute atomic E-state index is 0.00426. The topological polar surface area (TPSA) is 100 Å². The minimum atomic E-state index is -1.04. The number of rotatable bonds is 6. The molecule has 9 heteroatoms. The summed E-state index contributed by atoms with van der Waals surface area (Å²) >= 11 is 0. The van der Waals surface area contributed by atoms with Crippen LogP contribution >= 0.6 is 0 Å². The second-order valence-electron chi connectivity index (χ2n) is 6.84. The summed E-state index contributed by atoms with van der Waals surface area (Å²) in [6.07, 6.45) is 0.550. The zero-order chi connectivity index (χ0) is 20.9. The maximum absolute atomic E-state index is 14.4. The molecule has 3 N–H and O–H groups in total. The summed E-state index contributed by atoms with van der Waals surface area (Å²) in [4.78, 5) is 36.3. The molecule has 1 aliphatic heterocycles. The van der Waals surface area contributed by atoms with Gasteiger partial charge in [0.25, 0.3) is 16.8 Å². The van der Waals surface area contributed by atoms with Crippen LogP contribution in [-0.2, 0) is 6.54 Å². The zero-order valence-electron chi connectivity index (χ0n) is 15.6. The third-order valence-electron chi connectivity index (χ3n) is 4.98. The van der Waals surface area contributed by atoms with Crippen molar-refractivity contribution in [1.29, 1.82) is 0 Å². The van der Waals surface area contributed by atoms with E-state index in [0.29, 0.717) is 24.0 Å². The number of carbonyl (C=O) groups excluding carboxylic acids is 1. The number of carbonyl (C=O) groups is 1. The Balaban J connectivity index is 1.70. The molecule has 1 amide bonds. The molecule has 0 saturated carbocycles. The highest BCUT2D eigenvalue weighted by Gasteiger charge is 2.32. The first-order chi connectivity index (χ1) is 13.8. The molecule has 7 nitrogen and oxygen atoms in total. The molecule has 150 valence electrons. The van der Waals surface area contributed by atoms with E-state index < -0.39 is 28.4 Å². The molecule has 3 aromatic rings. The van der Waals surface area contributed by atoms with Crippen LogP contribution in [0.1, 0.15) is 46.8 Å². The van der Waals surface area contributed by atoms with Crippen molar-refractivity contribution in [3.8, 4) is 0 Å². The molecular formula is C20H17F2N3O4. The van der Waals surface area contributed by atoms with E-state index in [2.05, 4.69) is 16.0 Å². The fraction of sp³-hybridized carbons (Fsp3) is 0.250. The third kappa shape index (κ3) is 2.98. The lowest BCUT2D eigenvalue weighted by Crippen LogP contribution is -2.37. The van der Waals surface area contributed by atoms with Gasteiger partial charge in [-0.3, -0.25) is 14.4 Å². The number of benzene rings is 1. The second kappa shape index (κ2) is 6.84. The van der Waals surface area contributed by atoms with Crippen molar-refractivity contribution in [2.75, 3.05) is 10.6 Å². The molecular weight excluding hydrogens is 384 g/mol. The van der Waals surface area contributed by atoms with Gasteiger partial charge in [0.1, 0.15) is 34.5 Å². The van der Waals surface area contributed by atoms with Gasteiger partial charge in [0, 0.05) is 18.2 Å². The van der Waals surface area contributed by atoms with Crippen LogP contribution in [0.15, 0.2) is 32.2 Å². The van der Waals surface area contributed by atoms with Crippen molar-refractivity contribution in [3.05, 3.63) is 72.9 Å². The Kier molecular flexibility index (Phi) is 4.45. The molecule has 0 fully saturated rings. The van der Waals surface area contributed by atoms with Gasteiger partial charge in [-0.1, -0.05) is 6.92 Å². The molecule has 1 aromatic heterocycles. The fourth-order valence-corrected chi connectivity index (χ4v) is 3.43. The lowest BCUT2D eigenvalue weighted by Gasteiger charge is -2.21. The average Bonchev–Trinajstić information content (AvgIpc) is 3.29. The molecule has 0 saturated heterocycles. The van der Waals surface area contributed by atoms with Crippen molar-refractivity contribution in [2.24, 2.45) is 0 Å². The highest BCUT2D eigenvalue weighted by Crippen LogP contribution is 2.34. The Morgan fingerprint density at radius 1 is 1.10 bits per heavy atom. The van der Waals surface area contributed by atoms with Crippen LogP contribution in [0.25, 0.3) is 0 Å². The minimum Gasteiger partial charge on any atom is -0.464 e. The standard InChI is InChI=1S/C20H17F2N3O4/c1-3-12(13-5-4-8(2)29-13)24-16-17(19(27)18(16)26)25-15-11(22)6-10(21)9-7-23-20(28)14(9)15/h4-6,12,24-25H,3,7H2,1-2H3,(H,23,28). The number of aryl methyl sites for hydroxylation is 1. The van der Waals surface area contributed by atoms with Gasteiger partial charge in [-0.25, -0.2) is 8.78 Å². The van der Waals surface area contributed by atoms with E-state index in [4.69, 9.17) is 4.42 Å². The number of nitrogens with one attached hydrogen (secondary N) is 3. The van der Waals surface area contributed by atoms with Crippen molar-refractivity contribution >= 4 is 23.0 Å². The Hall–Kier alpha value is -3.49. The largest absolute Gasteiger partial charge is 0.464 e. The lowest BCUT2D eigenvalue weighted by atomic mass is 10.0. The predicted octanol–water partition coefficient (Wildman–Crippen LogP) is 3.01. The maximum atomic E-state index is 14.4. The highest BCUT2D eigenvalue weighted by atomic mass is 19.1. The first-order valence-corrected chi connectivity index (χ1v) is 9.04. The molecule has 4 rings (SSSR count). The van der Waals surface area contributed by atoms with E-state index in [1.165, 1.54) is 0 Å². The van der Waals surface area contributed by atoms with Crippen molar-refractivity contribution in [3.63, 3.8) is 0 Å². The van der Waals surface area contributed by atoms with E-state index >= 15 is 0 Å². The monoisotopic (exact) mass is 401 g/mol. The van der Waals surface area contributed by atoms with Crippen LogP contribution < -0.4 is 26.8 Å². The fourth-order valence-electron chi connectivity index (χ4n) is 3.43. The summed E-state index contributed by atoms with van der Waals surface area (Å²) in [5.41, 5.74) is -2.38. The van der Waals surface area contributed by atoms with Crippen LogP contribution in [0.2, 0.25) is 0 Å². The van der Waals surface area contributed by atoms with Gasteiger partial charge in [-0.2, -0.15) is 0 Å². The first-order valence-electron chi connectivity index (χ1n) is 9.04. The van der Waals surface area contributed by atoms with Gasteiger partial charge >= 0.3 is 0 Å². The molecule has 2 aromatic carbocycles. The summed E-state index contributed by atoms with van der Waals surface area (Å²) in [5.74, 6) is -1.28. The van der Waals surface area contributed by atoms with E-state index in [9.17, 15) is 23.2 Å². The zero-order valence-corrected chi connectivity index (χ0v) is 15.6. The number of hydrogen-bond acceptors (Lipinski definition) is 6. The number of fused-ring (bicyclic) bond motifs is 1. The summed E-state index contributed by atoms with van der Waals surface area (Å²) in [6, 6.07) is 3.78. The number of halogens is 2. The van der Waals surface area contributed by atoms with Crippen molar-refractivity contribution in [1.82, 2.24) is 5.32 Å². The molecule has 0 aliphatic carbocycles. The second-order valence-corrected chi connectivity index (χ2v) is 6.84. The number of anilines is 3. The molecule has 2 heterocycles. The average molecular weight is 401 g/mol. The molecule has 0 bridgehead atoms. The summed E-state index contributed by atoms with van der Waals surface area (Å²) < 4.78 is 33.9. The van der Waals surface area contributed by atoms with Crippen molar-refractivity contribution in [2.45, 2.75) is 32.9 Å². The van der Waals surface area contributed by atoms with Crippen LogP contribution in [-0.4, -0.2) is 5.91 Å². The van der Waals surface area contributed by atoms with Crippen LogP contribution in [0.5, 0.6) is 0 Å². The molecule has 1 unspecified atom stereocenters. The molecule has 29 heavy (non-hydrogen) atoms. The van der Waals surface area contributed by atoms with Gasteiger partial charge in [-0.15, -0.1) is 0 Å². The van der Waals surface area contributed by atoms with Crippen LogP contribution in [0.3, 0.4) is 0 Å². The van der Waals surface area contributed by atoms with Crippen LogP contribution in [0.4, 0.5) is 25.8 Å². The smallest absolute Gasteiger partial charge is 0.254 e. The SMILES string of the molecule is CCC(Nc1c(Nc2c(F)cc(F)c3c2C(=O)NC3)c(=O)c1=O)c1ccc(C)o1.